The van der Waals surface area contributed by atoms with Gasteiger partial charge in [-0.1, -0.05) is 5.16 Å². The van der Waals surface area contributed by atoms with E-state index in [1.54, 1.807) is 19.2 Å². The molecule has 1 aliphatic rings. The van der Waals surface area contributed by atoms with Gasteiger partial charge in [-0.2, -0.15) is 4.98 Å². The van der Waals surface area contributed by atoms with Gasteiger partial charge in [0.05, 0.1) is 19.2 Å². The molecule has 100 valence electrons. The van der Waals surface area contributed by atoms with Gasteiger partial charge < -0.3 is 24.5 Å². The van der Waals surface area contributed by atoms with Gasteiger partial charge in [0.25, 0.3) is 0 Å². The predicted octanol–water partition coefficient (Wildman–Crippen LogP) is 0.975. The fraction of sp³-hybridized carbons (Fsp3) is 0.333. The van der Waals surface area contributed by atoms with E-state index in [1.807, 2.05) is 0 Å². The molecule has 0 unspecified atom stereocenters. The molecule has 0 saturated heterocycles. The van der Waals surface area contributed by atoms with E-state index < -0.39 is 0 Å². The third-order valence-corrected chi connectivity index (χ3v) is 2.73. The lowest BCUT2D eigenvalue weighted by Gasteiger charge is -2.20. The monoisotopic (exact) mass is 263 g/mol. The number of ether oxygens (including phenoxy) is 3. The van der Waals surface area contributed by atoms with Crippen molar-refractivity contribution in [3.05, 3.63) is 18.0 Å². The Kier molecular flexibility index (Phi) is 2.96. The molecular formula is C12H13N3O4. The summed E-state index contributed by atoms with van der Waals surface area (Å²) in [5, 5.41) is 3.88. The van der Waals surface area contributed by atoms with Crippen LogP contribution in [0.1, 0.15) is 5.89 Å². The molecule has 7 nitrogen and oxygen atoms in total. The number of hydrogen-bond donors (Lipinski definition) is 1. The molecule has 3 rings (SSSR count). The highest BCUT2D eigenvalue weighted by molar-refractivity contribution is 5.71. The highest BCUT2D eigenvalue weighted by Crippen LogP contribution is 2.42. The van der Waals surface area contributed by atoms with E-state index in [9.17, 15) is 0 Å². The molecule has 0 bridgehead atoms. The van der Waals surface area contributed by atoms with Crippen molar-refractivity contribution in [2.24, 2.45) is 5.73 Å². The van der Waals surface area contributed by atoms with Crippen LogP contribution in [0.25, 0.3) is 11.4 Å². The molecular weight excluding hydrogens is 250 g/mol. The average molecular weight is 263 g/mol. The summed E-state index contributed by atoms with van der Waals surface area (Å²) in [6, 6.07) is 3.54. The fourth-order valence-electron chi connectivity index (χ4n) is 1.86. The van der Waals surface area contributed by atoms with Crippen LogP contribution < -0.4 is 19.9 Å². The summed E-state index contributed by atoms with van der Waals surface area (Å²) < 4.78 is 21.4. The van der Waals surface area contributed by atoms with Crippen molar-refractivity contribution in [3.8, 4) is 28.6 Å². The minimum absolute atomic E-state index is 0.191. The third-order valence-electron chi connectivity index (χ3n) is 2.73. The number of rotatable bonds is 3. The molecule has 0 spiro atoms. The van der Waals surface area contributed by atoms with Crippen molar-refractivity contribution < 1.29 is 18.7 Å². The second kappa shape index (κ2) is 4.77. The first-order chi connectivity index (χ1) is 9.31. The van der Waals surface area contributed by atoms with E-state index in [0.29, 0.717) is 47.7 Å². The quantitative estimate of drug-likeness (QED) is 0.882. The highest BCUT2D eigenvalue weighted by atomic mass is 16.6. The van der Waals surface area contributed by atoms with Crippen molar-refractivity contribution >= 4 is 0 Å². The average Bonchev–Trinajstić information content (AvgIpc) is 2.94. The van der Waals surface area contributed by atoms with Crippen molar-refractivity contribution in [1.82, 2.24) is 10.1 Å². The number of fused-ring (bicyclic) bond motifs is 1. The largest absolute Gasteiger partial charge is 0.497 e. The van der Waals surface area contributed by atoms with Crippen LogP contribution in [0.2, 0.25) is 0 Å². The topological polar surface area (TPSA) is 92.6 Å². The lowest BCUT2D eigenvalue weighted by Crippen LogP contribution is -2.16. The van der Waals surface area contributed by atoms with Gasteiger partial charge in [-0.05, 0) is 6.07 Å². The van der Waals surface area contributed by atoms with Crippen molar-refractivity contribution in [2.45, 2.75) is 6.54 Å². The summed E-state index contributed by atoms with van der Waals surface area (Å²) in [4.78, 5) is 4.19. The van der Waals surface area contributed by atoms with Crippen LogP contribution in [-0.2, 0) is 6.54 Å². The summed E-state index contributed by atoms with van der Waals surface area (Å²) in [6.07, 6.45) is 0. The zero-order valence-corrected chi connectivity index (χ0v) is 10.4. The molecule has 0 saturated carbocycles. The molecule has 2 N–H and O–H groups in total. The second-order valence-electron chi connectivity index (χ2n) is 3.91. The van der Waals surface area contributed by atoms with Crippen molar-refractivity contribution in [2.75, 3.05) is 20.3 Å². The summed E-state index contributed by atoms with van der Waals surface area (Å²) in [7, 11) is 1.58. The molecule has 1 aliphatic heterocycles. The zero-order valence-electron chi connectivity index (χ0n) is 10.4. The van der Waals surface area contributed by atoms with Crippen LogP contribution in [0.15, 0.2) is 16.7 Å². The Morgan fingerprint density at radius 3 is 2.89 bits per heavy atom. The first-order valence-electron chi connectivity index (χ1n) is 5.82. The van der Waals surface area contributed by atoms with E-state index in [4.69, 9.17) is 24.5 Å². The number of methoxy groups -OCH3 is 1. The van der Waals surface area contributed by atoms with E-state index in [-0.39, 0.29) is 6.54 Å². The first kappa shape index (κ1) is 11.8. The number of benzene rings is 1. The normalized spacial score (nSPS) is 13.4. The van der Waals surface area contributed by atoms with Crippen LogP contribution in [0.3, 0.4) is 0 Å². The van der Waals surface area contributed by atoms with Gasteiger partial charge in [0.15, 0.2) is 11.5 Å². The molecule has 7 heteroatoms. The molecule has 19 heavy (non-hydrogen) atoms. The SMILES string of the molecule is COc1cc2c(c(-c3noc(CN)n3)c1)OCCO2. The van der Waals surface area contributed by atoms with Crippen LogP contribution in [0.4, 0.5) is 0 Å². The number of hydrogen-bond acceptors (Lipinski definition) is 7. The number of nitrogens with two attached hydrogens (primary N) is 1. The number of aromatic nitrogens is 2. The molecule has 1 aromatic carbocycles. The summed E-state index contributed by atoms with van der Waals surface area (Å²) in [5.41, 5.74) is 6.12. The molecule has 0 aliphatic carbocycles. The first-order valence-corrected chi connectivity index (χ1v) is 5.82. The van der Waals surface area contributed by atoms with Gasteiger partial charge >= 0.3 is 0 Å². The van der Waals surface area contributed by atoms with Crippen molar-refractivity contribution in [3.63, 3.8) is 0 Å². The van der Waals surface area contributed by atoms with Gasteiger partial charge in [-0.15, -0.1) is 0 Å². The van der Waals surface area contributed by atoms with Crippen LogP contribution in [0, 0.1) is 0 Å². The summed E-state index contributed by atoms with van der Waals surface area (Å²) >= 11 is 0. The van der Waals surface area contributed by atoms with E-state index in [2.05, 4.69) is 10.1 Å². The predicted molar refractivity (Wildman–Crippen MR) is 65.2 cm³/mol. The van der Waals surface area contributed by atoms with Crippen LogP contribution >= 0.6 is 0 Å². The Morgan fingerprint density at radius 2 is 2.16 bits per heavy atom. The Hall–Kier alpha value is -2.28. The van der Waals surface area contributed by atoms with Gasteiger partial charge in [0, 0.05) is 6.07 Å². The molecule has 1 aromatic heterocycles. The van der Waals surface area contributed by atoms with E-state index in [0.717, 1.165) is 0 Å². The van der Waals surface area contributed by atoms with Gasteiger partial charge in [0.1, 0.15) is 19.0 Å². The number of nitrogens with zero attached hydrogens (tertiary/aromatic N) is 2. The Balaban J connectivity index is 2.12. The minimum atomic E-state index is 0.191. The minimum Gasteiger partial charge on any atom is -0.497 e. The second-order valence-corrected chi connectivity index (χ2v) is 3.91. The van der Waals surface area contributed by atoms with E-state index in [1.165, 1.54) is 0 Å². The molecule has 0 amide bonds. The molecule has 2 heterocycles. The van der Waals surface area contributed by atoms with E-state index >= 15 is 0 Å². The molecule has 0 fully saturated rings. The standard InChI is InChI=1S/C12H13N3O4/c1-16-7-4-8(12-14-10(6-13)19-15-12)11-9(5-7)17-2-3-18-11/h4-5H,2-3,6,13H2,1H3. The Labute approximate surface area is 109 Å². The maximum absolute atomic E-state index is 5.62. The van der Waals surface area contributed by atoms with Crippen molar-refractivity contribution in [1.29, 1.82) is 0 Å². The molecule has 2 aromatic rings. The third kappa shape index (κ3) is 2.08. The molecule has 0 radical (unpaired) electrons. The van der Waals surface area contributed by atoms with Gasteiger partial charge in [-0.25, -0.2) is 0 Å². The lowest BCUT2D eigenvalue weighted by molar-refractivity contribution is 0.171. The smallest absolute Gasteiger partial charge is 0.240 e. The fourth-order valence-corrected chi connectivity index (χ4v) is 1.86. The van der Waals surface area contributed by atoms with Crippen LogP contribution in [0.5, 0.6) is 17.2 Å². The lowest BCUT2D eigenvalue weighted by atomic mass is 10.1. The maximum Gasteiger partial charge on any atom is 0.240 e. The Morgan fingerprint density at radius 1 is 1.32 bits per heavy atom. The summed E-state index contributed by atoms with van der Waals surface area (Å²) in [6.45, 7) is 1.17. The summed E-state index contributed by atoms with van der Waals surface area (Å²) in [5.74, 6) is 2.61. The van der Waals surface area contributed by atoms with Gasteiger partial charge in [-0.3, -0.25) is 0 Å². The highest BCUT2D eigenvalue weighted by Gasteiger charge is 2.22. The van der Waals surface area contributed by atoms with Gasteiger partial charge in [0.2, 0.25) is 11.7 Å². The van der Waals surface area contributed by atoms with Crippen LogP contribution in [-0.4, -0.2) is 30.5 Å². The Bertz CT molecular complexity index is 597. The maximum atomic E-state index is 5.62. The molecule has 0 atom stereocenters. The zero-order chi connectivity index (χ0) is 13.2.